The van der Waals surface area contributed by atoms with E-state index in [1.165, 1.54) is 36.8 Å². The Morgan fingerprint density at radius 2 is 2.00 bits per heavy atom. The summed E-state index contributed by atoms with van der Waals surface area (Å²) in [4.78, 5) is 12.4. The van der Waals surface area contributed by atoms with Crippen molar-refractivity contribution in [3.8, 4) is 0 Å². The first kappa shape index (κ1) is 17.4. The van der Waals surface area contributed by atoms with E-state index in [2.05, 4.69) is 34.9 Å². The van der Waals surface area contributed by atoms with Gasteiger partial charge in [0.05, 0.1) is 6.10 Å². The highest BCUT2D eigenvalue weighted by Crippen LogP contribution is 2.23. The number of nitrogens with one attached hydrogen (secondary N) is 2. The van der Waals surface area contributed by atoms with Crippen LogP contribution in [0.15, 0.2) is 24.3 Å². The maximum absolute atomic E-state index is 12.4. The van der Waals surface area contributed by atoms with Gasteiger partial charge in [0.2, 0.25) is 5.91 Å². The summed E-state index contributed by atoms with van der Waals surface area (Å²) in [5.74, 6) is 0.00380. The Balaban J connectivity index is 1.48. The fourth-order valence-corrected chi connectivity index (χ4v) is 3.85. The van der Waals surface area contributed by atoms with Crippen LogP contribution in [-0.4, -0.2) is 31.2 Å². The number of rotatable bonds is 5. The number of benzene rings is 1. The zero-order valence-corrected chi connectivity index (χ0v) is 14.7. The molecule has 0 bridgehead atoms. The second kappa shape index (κ2) is 8.63. The van der Waals surface area contributed by atoms with Crippen LogP contribution in [0.4, 0.5) is 0 Å². The van der Waals surface area contributed by atoms with E-state index in [1.54, 1.807) is 0 Å². The Kier molecular flexibility index (Phi) is 6.27. The van der Waals surface area contributed by atoms with Gasteiger partial charge in [0.1, 0.15) is 6.10 Å². The quantitative estimate of drug-likeness (QED) is 0.816. The van der Waals surface area contributed by atoms with Crippen molar-refractivity contribution in [2.24, 2.45) is 0 Å². The van der Waals surface area contributed by atoms with Gasteiger partial charge in [-0.05, 0) is 43.9 Å². The third kappa shape index (κ3) is 4.58. The van der Waals surface area contributed by atoms with Crippen molar-refractivity contribution in [3.63, 3.8) is 0 Å². The van der Waals surface area contributed by atoms with Crippen LogP contribution in [-0.2, 0) is 16.0 Å². The topological polar surface area (TPSA) is 50.4 Å². The van der Waals surface area contributed by atoms with Crippen LogP contribution in [0.5, 0.6) is 0 Å². The van der Waals surface area contributed by atoms with Crippen LogP contribution < -0.4 is 10.6 Å². The Morgan fingerprint density at radius 1 is 1.25 bits per heavy atom. The summed E-state index contributed by atoms with van der Waals surface area (Å²) in [6.45, 7) is 3.46. The van der Waals surface area contributed by atoms with Gasteiger partial charge in [-0.25, -0.2) is 0 Å². The van der Waals surface area contributed by atoms with Crippen LogP contribution in [0.2, 0.25) is 0 Å². The highest BCUT2D eigenvalue weighted by atomic mass is 16.5. The second-order valence-electron chi connectivity index (χ2n) is 7.09. The number of fused-ring (bicyclic) bond motifs is 1. The first-order valence-electron chi connectivity index (χ1n) is 9.48. The van der Waals surface area contributed by atoms with Crippen LogP contribution in [0.25, 0.3) is 0 Å². The SMILES string of the molecule is CC(OC1CCCCCC1)C(=O)NCC1NCCc2ccccc21. The van der Waals surface area contributed by atoms with Gasteiger partial charge in [-0.1, -0.05) is 49.9 Å². The zero-order valence-electron chi connectivity index (χ0n) is 14.7. The molecule has 2 unspecified atom stereocenters. The van der Waals surface area contributed by atoms with E-state index >= 15 is 0 Å². The molecule has 2 N–H and O–H groups in total. The number of hydrogen-bond donors (Lipinski definition) is 2. The minimum Gasteiger partial charge on any atom is -0.365 e. The third-order valence-electron chi connectivity index (χ3n) is 5.26. The molecule has 1 aliphatic carbocycles. The van der Waals surface area contributed by atoms with E-state index in [0.29, 0.717) is 6.54 Å². The van der Waals surface area contributed by atoms with Gasteiger partial charge < -0.3 is 15.4 Å². The third-order valence-corrected chi connectivity index (χ3v) is 5.26. The molecule has 24 heavy (non-hydrogen) atoms. The van der Waals surface area contributed by atoms with Crippen molar-refractivity contribution in [1.82, 2.24) is 10.6 Å². The largest absolute Gasteiger partial charge is 0.365 e. The average molecular weight is 330 g/mol. The fourth-order valence-electron chi connectivity index (χ4n) is 3.85. The normalized spacial score (nSPS) is 23.1. The molecular formula is C20H30N2O2. The van der Waals surface area contributed by atoms with Crippen LogP contribution in [0.1, 0.15) is 62.6 Å². The molecular weight excluding hydrogens is 300 g/mol. The lowest BCUT2D eigenvalue weighted by Crippen LogP contribution is -2.43. The van der Waals surface area contributed by atoms with E-state index in [9.17, 15) is 4.79 Å². The van der Waals surface area contributed by atoms with Gasteiger partial charge in [0.15, 0.2) is 0 Å². The zero-order chi connectivity index (χ0) is 16.8. The summed E-state index contributed by atoms with van der Waals surface area (Å²) in [5, 5.41) is 6.58. The molecule has 132 valence electrons. The van der Waals surface area contributed by atoms with Gasteiger partial charge in [-0.2, -0.15) is 0 Å². The van der Waals surface area contributed by atoms with E-state index < -0.39 is 0 Å². The summed E-state index contributed by atoms with van der Waals surface area (Å²) in [6, 6.07) is 8.69. The molecule has 4 nitrogen and oxygen atoms in total. The van der Waals surface area contributed by atoms with Gasteiger partial charge in [0.25, 0.3) is 0 Å². The summed E-state index contributed by atoms with van der Waals surface area (Å²) < 4.78 is 6.01. The molecule has 1 fully saturated rings. The molecule has 0 saturated heterocycles. The Hall–Kier alpha value is -1.39. The monoisotopic (exact) mass is 330 g/mol. The molecule has 1 saturated carbocycles. The lowest BCUT2D eigenvalue weighted by Gasteiger charge is -2.28. The Morgan fingerprint density at radius 3 is 2.79 bits per heavy atom. The maximum Gasteiger partial charge on any atom is 0.248 e. The predicted octanol–water partition coefficient (Wildman–Crippen LogP) is 3.12. The van der Waals surface area contributed by atoms with Crippen LogP contribution >= 0.6 is 0 Å². The summed E-state index contributed by atoms with van der Waals surface area (Å²) in [6.07, 6.45) is 8.17. The van der Waals surface area contributed by atoms with E-state index in [-0.39, 0.29) is 24.2 Å². The van der Waals surface area contributed by atoms with Gasteiger partial charge >= 0.3 is 0 Å². The van der Waals surface area contributed by atoms with Gasteiger partial charge in [-0.3, -0.25) is 4.79 Å². The van der Waals surface area contributed by atoms with Crippen molar-refractivity contribution in [3.05, 3.63) is 35.4 Å². The molecule has 1 aromatic carbocycles. The lowest BCUT2D eigenvalue weighted by atomic mass is 9.94. The minimum absolute atomic E-state index is 0.00380. The molecule has 0 aromatic heterocycles. The Labute approximate surface area is 145 Å². The summed E-state index contributed by atoms with van der Waals surface area (Å²) in [5.41, 5.74) is 2.69. The molecule has 1 aliphatic heterocycles. The molecule has 0 spiro atoms. The maximum atomic E-state index is 12.4. The molecule has 3 rings (SSSR count). The number of ether oxygens (including phenoxy) is 1. The van der Waals surface area contributed by atoms with Crippen LogP contribution in [0.3, 0.4) is 0 Å². The van der Waals surface area contributed by atoms with Crippen molar-refractivity contribution < 1.29 is 9.53 Å². The molecule has 2 aliphatic rings. The van der Waals surface area contributed by atoms with Crippen molar-refractivity contribution in [1.29, 1.82) is 0 Å². The van der Waals surface area contributed by atoms with Crippen molar-refractivity contribution >= 4 is 5.91 Å². The summed E-state index contributed by atoms with van der Waals surface area (Å²) >= 11 is 0. The predicted molar refractivity (Wildman–Crippen MR) is 95.9 cm³/mol. The molecule has 2 atom stereocenters. The molecule has 4 heteroatoms. The second-order valence-corrected chi connectivity index (χ2v) is 7.09. The first-order valence-corrected chi connectivity index (χ1v) is 9.48. The number of hydrogen-bond acceptors (Lipinski definition) is 3. The van der Waals surface area contributed by atoms with E-state index in [4.69, 9.17) is 4.74 Å². The highest BCUT2D eigenvalue weighted by molar-refractivity contribution is 5.80. The number of carbonyl (C=O) groups excluding carboxylic acids is 1. The van der Waals surface area contributed by atoms with E-state index in [1.807, 2.05) is 6.92 Å². The highest BCUT2D eigenvalue weighted by Gasteiger charge is 2.23. The molecule has 1 aromatic rings. The standard InChI is InChI=1S/C20H30N2O2/c1-15(24-17-9-4-2-3-5-10-17)20(23)22-14-19-18-11-7-6-8-16(18)12-13-21-19/h6-8,11,15,17,19,21H,2-5,9-10,12-14H2,1H3,(H,22,23). The van der Waals surface area contributed by atoms with Crippen molar-refractivity contribution in [2.75, 3.05) is 13.1 Å². The minimum atomic E-state index is -0.369. The average Bonchev–Trinajstić information content (AvgIpc) is 2.88. The number of amides is 1. The number of carbonyl (C=O) groups is 1. The fraction of sp³-hybridized carbons (Fsp3) is 0.650. The van der Waals surface area contributed by atoms with E-state index in [0.717, 1.165) is 25.8 Å². The molecule has 1 heterocycles. The lowest BCUT2D eigenvalue weighted by molar-refractivity contribution is -0.135. The first-order chi connectivity index (χ1) is 11.7. The summed E-state index contributed by atoms with van der Waals surface area (Å²) in [7, 11) is 0. The van der Waals surface area contributed by atoms with Crippen molar-refractivity contribution in [2.45, 2.75) is 70.1 Å². The molecule has 0 radical (unpaired) electrons. The smallest absolute Gasteiger partial charge is 0.248 e. The van der Waals surface area contributed by atoms with Gasteiger partial charge in [-0.15, -0.1) is 0 Å². The van der Waals surface area contributed by atoms with Gasteiger partial charge in [0, 0.05) is 12.6 Å². The Bertz CT molecular complexity index is 538. The van der Waals surface area contributed by atoms with Crippen LogP contribution in [0, 0.1) is 0 Å². The molecule has 1 amide bonds.